The molecule has 8 nitrogen and oxygen atoms in total. The molecule has 0 aromatic heterocycles. The molecule has 1 atom stereocenters. The maximum atomic E-state index is 12.4. The van der Waals surface area contributed by atoms with Crippen LogP contribution in [-0.2, 0) is 19.6 Å². The Morgan fingerprint density at radius 1 is 1.32 bits per heavy atom. The van der Waals surface area contributed by atoms with E-state index in [0.717, 1.165) is 6.42 Å². The van der Waals surface area contributed by atoms with Gasteiger partial charge in [0, 0.05) is 32.8 Å². The second-order valence-electron chi connectivity index (χ2n) is 6.08. The van der Waals surface area contributed by atoms with E-state index in [9.17, 15) is 18.0 Å². The molecule has 1 aromatic carbocycles. The molecule has 2 N–H and O–H groups in total. The van der Waals surface area contributed by atoms with Crippen LogP contribution in [0.15, 0.2) is 29.2 Å². The van der Waals surface area contributed by atoms with Crippen molar-refractivity contribution in [3.05, 3.63) is 29.8 Å². The molecule has 25 heavy (non-hydrogen) atoms. The third-order valence-electron chi connectivity index (χ3n) is 3.89. The summed E-state index contributed by atoms with van der Waals surface area (Å²) in [7, 11) is -0.537. The molecule has 2 amide bonds. The largest absolute Gasteiger partial charge is 0.381 e. The Labute approximate surface area is 147 Å². The van der Waals surface area contributed by atoms with E-state index in [0.29, 0.717) is 19.8 Å². The van der Waals surface area contributed by atoms with Crippen molar-refractivity contribution in [2.24, 2.45) is 5.92 Å². The number of carbonyl (C=O) groups excluding carboxylic acids is 2. The first-order valence-corrected chi connectivity index (χ1v) is 9.44. The summed E-state index contributed by atoms with van der Waals surface area (Å²) in [4.78, 5) is 25.0. The van der Waals surface area contributed by atoms with Crippen LogP contribution >= 0.6 is 0 Å². The number of nitrogens with zero attached hydrogens (tertiary/aromatic N) is 1. The number of amides is 2. The predicted octanol–water partition coefficient (Wildman–Crippen LogP) is -0.181. The molecule has 1 heterocycles. The van der Waals surface area contributed by atoms with Gasteiger partial charge in [0.15, 0.2) is 0 Å². The zero-order chi connectivity index (χ0) is 18.4. The van der Waals surface area contributed by atoms with Crippen LogP contribution in [0.25, 0.3) is 0 Å². The Hall–Kier alpha value is -1.97. The molecule has 1 aromatic rings. The Morgan fingerprint density at radius 2 is 2.08 bits per heavy atom. The van der Waals surface area contributed by atoms with Crippen molar-refractivity contribution >= 4 is 21.8 Å². The monoisotopic (exact) mass is 369 g/mol. The maximum Gasteiger partial charge on any atom is 0.251 e. The molecule has 1 fully saturated rings. The van der Waals surface area contributed by atoms with E-state index in [1.165, 1.54) is 29.2 Å². The van der Waals surface area contributed by atoms with Gasteiger partial charge < -0.3 is 15.0 Å². The number of sulfonamides is 1. The lowest BCUT2D eigenvalue weighted by atomic mass is 10.1. The number of benzene rings is 1. The van der Waals surface area contributed by atoms with Crippen LogP contribution < -0.4 is 10.0 Å². The minimum Gasteiger partial charge on any atom is -0.381 e. The quantitative estimate of drug-likeness (QED) is 0.694. The van der Waals surface area contributed by atoms with Crippen molar-refractivity contribution in [2.45, 2.75) is 11.3 Å². The molecule has 1 aliphatic heterocycles. The fraction of sp³-hybridized carbons (Fsp3) is 0.500. The summed E-state index contributed by atoms with van der Waals surface area (Å²) in [5.41, 5.74) is 0.179. The number of hydrogen-bond acceptors (Lipinski definition) is 5. The number of rotatable bonds is 7. The van der Waals surface area contributed by atoms with Gasteiger partial charge >= 0.3 is 0 Å². The third kappa shape index (κ3) is 5.52. The minimum absolute atomic E-state index is 0.0120. The van der Waals surface area contributed by atoms with Gasteiger partial charge in [-0.25, -0.2) is 13.1 Å². The van der Waals surface area contributed by atoms with Gasteiger partial charge in [-0.1, -0.05) is 6.07 Å². The molecule has 0 aliphatic carbocycles. The van der Waals surface area contributed by atoms with E-state index in [4.69, 9.17) is 4.74 Å². The number of hydrogen-bond donors (Lipinski definition) is 2. The van der Waals surface area contributed by atoms with Gasteiger partial charge in [0.05, 0.1) is 18.0 Å². The zero-order valence-electron chi connectivity index (χ0n) is 14.3. The highest BCUT2D eigenvalue weighted by molar-refractivity contribution is 7.89. The molecule has 0 spiro atoms. The van der Waals surface area contributed by atoms with Gasteiger partial charge in [-0.15, -0.1) is 0 Å². The van der Waals surface area contributed by atoms with Crippen LogP contribution in [-0.4, -0.2) is 65.5 Å². The number of carbonyl (C=O) groups is 2. The molecule has 1 aliphatic rings. The van der Waals surface area contributed by atoms with Gasteiger partial charge in [0.2, 0.25) is 15.9 Å². The maximum absolute atomic E-state index is 12.4. The average molecular weight is 369 g/mol. The smallest absolute Gasteiger partial charge is 0.251 e. The SMILES string of the molecule is CN(C)C(=O)CNC(=O)c1cccc(S(=O)(=O)NC[C@H]2CCOC2)c1. The standard InChI is InChI=1S/C16H23N3O5S/c1-19(2)15(20)10-17-16(21)13-4-3-5-14(8-13)25(22,23)18-9-12-6-7-24-11-12/h3-5,8,12,18H,6-7,9-11H2,1-2H3,(H,17,21)/t12-/m1/s1. The first kappa shape index (κ1) is 19.4. The van der Waals surface area contributed by atoms with Crippen molar-refractivity contribution in [3.63, 3.8) is 0 Å². The first-order chi connectivity index (χ1) is 11.8. The summed E-state index contributed by atoms with van der Waals surface area (Å²) in [5, 5.41) is 2.47. The molecule has 1 saturated heterocycles. The molecule has 138 valence electrons. The highest BCUT2D eigenvalue weighted by Crippen LogP contribution is 2.15. The minimum atomic E-state index is -3.71. The van der Waals surface area contributed by atoms with Crippen LogP contribution in [0.3, 0.4) is 0 Å². The lowest BCUT2D eigenvalue weighted by Crippen LogP contribution is -2.36. The van der Waals surface area contributed by atoms with E-state index < -0.39 is 15.9 Å². The number of nitrogens with one attached hydrogen (secondary N) is 2. The Kier molecular flexibility index (Phi) is 6.51. The summed E-state index contributed by atoms with van der Waals surface area (Å²) >= 11 is 0. The normalized spacial score (nSPS) is 17.3. The van der Waals surface area contributed by atoms with Crippen LogP contribution in [0, 0.1) is 5.92 Å². The topological polar surface area (TPSA) is 105 Å². The van der Waals surface area contributed by atoms with Crippen LogP contribution in [0.2, 0.25) is 0 Å². The third-order valence-corrected chi connectivity index (χ3v) is 5.31. The highest BCUT2D eigenvalue weighted by atomic mass is 32.2. The second kappa shape index (κ2) is 8.41. The molecular formula is C16H23N3O5S. The van der Waals surface area contributed by atoms with Crippen LogP contribution in [0.1, 0.15) is 16.8 Å². The molecule has 2 rings (SSSR count). The Balaban J connectivity index is 2.01. The fourth-order valence-corrected chi connectivity index (χ4v) is 3.44. The van der Waals surface area contributed by atoms with Gasteiger partial charge in [-0.3, -0.25) is 9.59 Å². The number of ether oxygens (including phenoxy) is 1. The molecule has 0 unspecified atom stereocenters. The van der Waals surface area contributed by atoms with Gasteiger partial charge in [0.25, 0.3) is 5.91 Å². The first-order valence-electron chi connectivity index (χ1n) is 7.95. The molecular weight excluding hydrogens is 346 g/mol. The lowest BCUT2D eigenvalue weighted by molar-refractivity contribution is -0.127. The molecule has 0 saturated carbocycles. The van der Waals surface area contributed by atoms with E-state index in [1.54, 1.807) is 14.1 Å². The van der Waals surface area contributed by atoms with Crippen molar-refractivity contribution < 1.29 is 22.7 Å². The van der Waals surface area contributed by atoms with Crippen LogP contribution in [0.4, 0.5) is 0 Å². The summed E-state index contributed by atoms with van der Waals surface area (Å²) in [6.45, 7) is 1.34. The Bertz CT molecular complexity index is 727. The lowest BCUT2D eigenvalue weighted by Gasteiger charge is -2.12. The van der Waals surface area contributed by atoms with E-state index in [-0.39, 0.29) is 28.8 Å². The summed E-state index contributed by atoms with van der Waals surface area (Å²) in [6.07, 6.45) is 0.824. The van der Waals surface area contributed by atoms with Crippen molar-refractivity contribution in [3.8, 4) is 0 Å². The van der Waals surface area contributed by atoms with E-state index in [2.05, 4.69) is 10.0 Å². The second-order valence-corrected chi connectivity index (χ2v) is 7.85. The van der Waals surface area contributed by atoms with Gasteiger partial charge in [0.1, 0.15) is 0 Å². The average Bonchev–Trinajstić information content (AvgIpc) is 3.11. The fourth-order valence-electron chi connectivity index (χ4n) is 2.28. The van der Waals surface area contributed by atoms with Crippen molar-refractivity contribution in [2.75, 3.05) is 40.4 Å². The van der Waals surface area contributed by atoms with Gasteiger partial charge in [-0.2, -0.15) is 0 Å². The number of likely N-dealkylation sites (N-methyl/N-ethyl adjacent to an activating group) is 1. The zero-order valence-corrected chi connectivity index (χ0v) is 15.1. The summed E-state index contributed by atoms with van der Waals surface area (Å²) in [6, 6.07) is 5.72. The van der Waals surface area contributed by atoms with Crippen molar-refractivity contribution in [1.29, 1.82) is 0 Å². The Morgan fingerprint density at radius 3 is 2.72 bits per heavy atom. The van der Waals surface area contributed by atoms with E-state index >= 15 is 0 Å². The highest BCUT2D eigenvalue weighted by Gasteiger charge is 2.21. The van der Waals surface area contributed by atoms with E-state index in [1.807, 2.05) is 0 Å². The van der Waals surface area contributed by atoms with Gasteiger partial charge in [-0.05, 0) is 30.5 Å². The molecule has 0 bridgehead atoms. The summed E-state index contributed by atoms with van der Waals surface area (Å²) < 4.78 is 32.5. The molecule has 0 radical (unpaired) electrons. The predicted molar refractivity (Wildman–Crippen MR) is 91.6 cm³/mol. The molecule has 9 heteroatoms. The van der Waals surface area contributed by atoms with Crippen molar-refractivity contribution in [1.82, 2.24) is 14.9 Å². The van der Waals surface area contributed by atoms with Crippen LogP contribution in [0.5, 0.6) is 0 Å². The summed E-state index contributed by atoms with van der Waals surface area (Å²) in [5.74, 6) is -0.590.